The van der Waals surface area contributed by atoms with Crippen LogP contribution in [0.25, 0.3) is 0 Å². The number of carbonyl (C=O) groups excluding carboxylic acids is 1. The minimum atomic E-state index is 0.178. The standard InChI is InChI=1S/C17H27N3O/c1-4-20(5-2)17(21)13-18-12-14-8-9-16-15(11-14)7-6-10-19(16)3/h8-9,11,18H,4-7,10,12-13H2,1-3H3. The molecule has 1 N–H and O–H groups in total. The summed E-state index contributed by atoms with van der Waals surface area (Å²) in [7, 11) is 2.15. The molecule has 0 bridgehead atoms. The molecule has 0 radical (unpaired) electrons. The van der Waals surface area contributed by atoms with Crippen molar-refractivity contribution in [1.82, 2.24) is 10.2 Å². The van der Waals surface area contributed by atoms with E-state index < -0.39 is 0 Å². The van der Waals surface area contributed by atoms with Gasteiger partial charge in [-0.3, -0.25) is 4.79 Å². The van der Waals surface area contributed by atoms with E-state index in [-0.39, 0.29) is 5.91 Å². The Labute approximate surface area is 128 Å². The Morgan fingerprint density at radius 1 is 1.33 bits per heavy atom. The topological polar surface area (TPSA) is 35.6 Å². The van der Waals surface area contributed by atoms with Crippen molar-refractivity contribution in [1.29, 1.82) is 0 Å². The lowest BCUT2D eigenvalue weighted by Gasteiger charge is -2.28. The van der Waals surface area contributed by atoms with E-state index in [1.807, 2.05) is 18.7 Å². The molecule has 4 nitrogen and oxygen atoms in total. The van der Waals surface area contributed by atoms with Crippen molar-refractivity contribution in [3.05, 3.63) is 29.3 Å². The van der Waals surface area contributed by atoms with E-state index in [4.69, 9.17) is 0 Å². The molecule has 0 aromatic heterocycles. The molecule has 1 aliphatic rings. The molecule has 1 heterocycles. The lowest BCUT2D eigenvalue weighted by molar-refractivity contribution is -0.129. The van der Waals surface area contributed by atoms with Crippen molar-refractivity contribution in [2.24, 2.45) is 0 Å². The third kappa shape index (κ3) is 3.97. The average Bonchev–Trinajstić information content (AvgIpc) is 2.48. The second-order valence-corrected chi connectivity index (χ2v) is 5.66. The fourth-order valence-electron chi connectivity index (χ4n) is 2.95. The quantitative estimate of drug-likeness (QED) is 0.870. The number of benzene rings is 1. The maximum Gasteiger partial charge on any atom is 0.236 e. The van der Waals surface area contributed by atoms with E-state index in [1.54, 1.807) is 0 Å². The highest BCUT2D eigenvalue weighted by Crippen LogP contribution is 2.26. The first-order valence-electron chi connectivity index (χ1n) is 7.97. The molecule has 0 spiro atoms. The number of aryl methyl sites for hydroxylation is 1. The fraction of sp³-hybridized carbons (Fsp3) is 0.588. The van der Waals surface area contributed by atoms with E-state index in [2.05, 4.69) is 35.5 Å². The molecule has 116 valence electrons. The molecule has 0 saturated heterocycles. The number of anilines is 1. The number of nitrogens with zero attached hydrogens (tertiary/aromatic N) is 2. The van der Waals surface area contributed by atoms with Crippen molar-refractivity contribution in [3.8, 4) is 0 Å². The number of carbonyl (C=O) groups is 1. The van der Waals surface area contributed by atoms with Gasteiger partial charge >= 0.3 is 0 Å². The Balaban J connectivity index is 1.88. The van der Waals surface area contributed by atoms with E-state index in [9.17, 15) is 4.79 Å². The van der Waals surface area contributed by atoms with Gasteiger partial charge in [0.2, 0.25) is 5.91 Å². The zero-order valence-corrected chi connectivity index (χ0v) is 13.5. The summed E-state index contributed by atoms with van der Waals surface area (Å²) < 4.78 is 0. The van der Waals surface area contributed by atoms with Gasteiger partial charge < -0.3 is 15.1 Å². The van der Waals surface area contributed by atoms with Crippen LogP contribution in [0, 0.1) is 0 Å². The van der Waals surface area contributed by atoms with Crippen LogP contribution in [0.3, 0.4) is 0 Å². The number of amides is 1. The third-order valence-corrected chi connectivity index (χ3v) is 4.22. The Kier molecular flexibility index (Phi) is 5.62. The lowest BCUT2D eigenvalue weighted by Crippen LogP contribution is -2.37. The number of hydrogen-bond acceptors (Lipinski definition) is 3. The smallest absolute Gasteiger partial charge is 0.236 e. The first kappa shape index (κ1) is 15.8. The molecule has 0 saturated carbocycles. The summed E-state index contributed by atoms with van der Waals surface area (Å²) >= 11 is 0. The van der Waals surface area contributed by atoms with Gasteiger partial charge in [-0.25, -0.2) is 0 Å². The van der Waals surface area contributed by atoms with Gasteiger partial charge in [0.15, 0.2) is 0 Å². The second-order valence-electron chi connectivity index (χ2n) is 5.66. The van der Waals surface area contributed by atoms with Gasteiger partial charge in [-0.05, 0) is 43.9 Å². The maximum atomic E-state index is 11.9. The van der Waals surface area contributed by atoms with Crippen LogP contribution >= 0.6 is 0 Å². The molecule has 1 aliphatic heterocycles. The van der Waals surface area contributed by atoms with Crippen molar-refractivity contribution in [2.75, 3.05) is 38.1 Å². The van der Waals surface area contributed by atoms with E-state index >= 15 is 0 Å². The van der Waals surface area contributed by atoms with E-state index in [0.29, 0.717) is 6.54 Å². The summed E-state index contributed by atoms with van der Waals surface area (Å²) in [4.78, 5) is 16.1. The molecule has 1 aromatic rings. The molecule has 2 rings (SSSR count). The summed E-state index contributed by atoms with van der Waals surface area (Å²) in [5.41, 5.74) is 4.04. The van der Waals surface area contributed by atoms with Crippen LogP contribution in [-0.4, -0.2) is 44.0 Å². The normalized spacial score (nSPS) is 14.0. The Morgan fingerprint density at radius 2 is 2.10 bits per heavy atom. The third-order valence-electron chi connectivity index (χ3n) is 4.22. The van der Waals surface area contributed by atoms with Crippen LogP contribution in [0.4, 0.5) is 5.69 Å². The van der Waals surface area contributed by atoms with Crippen LogP contribution in [0.2, 0.25) is 0 Å². The summed E-state index contributed by atoms with van der Waals surface area (Å²) in [5.74, 6) is 0.178. The van der Waals surface area contributed by atoms with E-state index in [1.165, 1.54) is 23.2 Å². The molecular weight excluding hydrogens is 262 g/mol. The molecular formula is C17H27N3O. The largest absolute Gasteiger partial charge is 0.374 e. The van der Waals surface area contributed by atoms with Gasteiger partial charge in [-0.15, -0.1) is 0 Å². The van der Waals surface area contributed by atoms with Gasteiger partial charge in [-0.1, -0.05) is 12.1 Å². The monoisotopic (exact) mass is 289 g/mol. The van der Waals surface area contributed by atoms with Crippen LogP contribution in [0.5, 0.6) is 0 Å². The molecule has 0 aliphatic carbocycles. The van der Waals surface area contributed by atoms with Crippen LogP contribution < -0.4 is 10.2 Å². The zero-order chi connectivity index (χ0) is 15.2. The van der Waals surface area contributed by atoms with Crippen LogP contribution in [0.1, 0.15) is 31.4 Å². The highest BCUT2D eigenvalue weighted by atomic mass is 16.2. The summed E-state index contributed by atoms with van der Waals surface area (Å²) in [6.45, 7) is 7.90. The molecule has 0 fully saturated rings. The molecule has 4 heteroatoms. The van der Waals surface area contributed by atoms with Crippen LogP contribution in [0.15, 0.2) is 18.2 Å². The highest BCUT2D eigenvalue weighted by Gasteiger charge is 2.14. The molecule has 1 aromatic carbocycles. The Bertz CT molecular complexity index is 483. The number of nitrogens with one attached hydrogen (secondary N) is 1. The fourth-order valence-corrected chi connectivity index (χ4v) is 2.95. The van der Waals surface area contributed by atoms with Gasteiger partial charge in [0.1, 0.15) is 0 Å². The molecule has 1 amide bonds. The first-order valence-corrected chi connectivity index (χ1v) is 7.97. The summed E-state index contributed by atoms with van der Waals surface area (Å²) in [6.07, 6.45) is 2.38. The average molecular weight is 289 g/mol. The lowest BCUT2D eigenvalue weighted by atomic mass is 9.99. The number of fused-ring (bicyclic) bond motifs is 1. The minimum absolute atomic E-state index is 0.178. The van der Waals surface area contributed by atoms with Gasteiger partial charge in [0, 0.05) is 38.9 Å². The number of hydrogen-bond donors (Lipinski definition) is 1. The predicted octanol–water partition coefficient (Wildman–Crippen LogP) is 2.03. The SMILES string of the molecule is CCN(CC)C(=O)CNCc1ccc2c(c1)CCCN2C. The van der Waals surface area contributed by atoms with Crippen molar-refractivity contribution in [3.63, 3.8) is 0 Å². The van der Waals surface area contributed by atoms with Gasteiger partial charge in [0.25, 0.3) is 0 Å². The van der Waals surface area contributed by atoms with Crippen molar-refractivity contribution >= 4 is 11.6 Å². The molecule has 21 heavy (non-hydrogen) atoms. The van der Waals surface area contributed by atoms with E-state index in [0.717, 1.165) is 32.6 Å². The second kappa shape index (κ2) is 7.46. The predicted molar refractivity (Wildman–Crippen MR) is 87.7 cm³/mol. The Hall–Kier alpha value is -1.55. The number of likely N-dealkylation sites (N-methyl/N-ethyl adjacent to an activating group) is 1. The maximum absolute atomic E-state index is 11.9. The number of rotatable bonds is 6. The summed E-state index contributed by atoms with van der Waals surface area (Å²) in [5, 5.41) is 3.26. The minimum Gasteiger partial charge on any atom is -0.374 e. The Morgan fingerprint density at radius 3 is 2.81 bits per heavy atom. The molecule has 0 atom stereocenters. The van der Waals surface area contributed by atoms with Gasteiger partial charge in [-0.2, -0.15) is 0 Å². The highest BCUT2D eigenvalue weighted by molar-refractivity contribution is 5.78. The van der Waals surface area contributed by atoms with Gasteiger partial charge in [0.05, 0.1) is 6.54 Å². The van der Waals surface area contributed by atoms with Crippen LogP contribution in [-0.2, 0) is 17.8 Å². The first-order chi connectivity index (χ1) is 10.2. The molecule has 0 unspecified atom stereocenters. The zero-order valence-electron chi connectivity index (χ0n) is 13.5. The summed E-state index contributed by atoms with van der Waals surface area (Å²) in [6, 6.07) is 6.65. The van der Waals surface area contributed by atoms with Crippen molar-refractivity contribution < 1.29 is 4.79 Å². The van der Waals surface area contributed by atoms with Crippen molar-refractivity contribution in [2.45, 2.75) is 33.2 Å².